The molecule has 0 aromatic heterocycles. The van der Waals surface area contributed by atoms with E-state index in [1.54, 1.807) is 12.1 Å². The molecule has 0 radical (unpaired) electrons. The summed E-state index contributed by atoms with van der Waals surface area (Å²) < 4.78 is 35.6. The predicted molar refractivity (Wildman–Crippen MR) is 57.3 cm³/mol. The zero-order valence-corrected chi connectivity index (χ0v) is 9.22. The fraction of sp³-hybridized carbons (Fsp3) is 0.333. The smallest absolute Gasteiger partial charge is 0.389 e. The standard InChI is InChI=1S/C9H9ClF3NS/c10-6-1-2-8(7(14)5-6)15-4-3-9(11,12)13/h1-2,5H,3-4,14H2. The number of hydrogen-bond donors (Lipinski definition) is 1. The number of rotatable bonds is 3. The van der Waals surface area contributed by atoms with Gasteiger partial charge in [0.1, 0.15) is 0 Å². The lowest BCUT2D eigenvalue weighted by molar-refractivity contribution is -0.129. The number of alkyl halides is 3. The van der Waals surface area contributed by atoms with Gasteiger partial charge in [-0.15, -0.1) is 11.8 Å². The highest BCUT2D eigenvalue weighted by molar-refractivity contribution is 7.99. The molecule has 6 heteroatoms. The molecule has 1 aromatic carbocycles. The minimum atomic E-state index is -4.12. The van der Waals surface area contributed by atoms with Crippen molar-refractivity contribution in [2.45, 2.75) is 17.5 Å². The van der Waals surface area contributed by atoms with Gasteiger partial charge in [-0.25, -0.2) is 0 Å². The van der Waals surface area contributed by atoms with E-state index >= 15 is 0 Å². The lowest BCUT2D eigenvalue weighted by Gasteiger charge is -2.07. The zero-order valence-electron chi connectivity index (χ0n) is 7.64. The van der Waals surface area contributed by atoms with E-state index in [1.165, 1.54) is 6.07 Å². The second kappa shape index (κ2) is 4.99. The molecule has 1 nitrogen and oxygen atoms in total. The Hall–Kier alpha value is -0.550. The molecule has 84 valence electrons. The average Bonchev–Trinajstić information content (AvgIpc) is 2.07. The summed E-state index contributed by atoms with van der Waals surface area (Å²) in [5, 5.41) is 0.479. The van der Waals surface area contributed by atoms with Gasteiger partial charge in [0.05, 0.1) is 6.42 Å². The van der Waals surface area contributed by atoms with Crippen LogP contribution in [0.3, 0.4) is 0 Å². The van der Waals surface area contributed by atoms with Crippen LogP contribution in [-0.4, -0.2) is 11.9 Å². The number of hydrogen-bond acceptors (Lipinski definition) is 2. The lowest BCUT2D eigenvalue weighted by atomic mass is 10.3. The van der Waals surface area contributed by atoms with Crippen molar-refractivity contribution in [3.05, 3.63) is 23.2 Å². The molecule has 2 N–H and O–H groups in total. The van der Waals surface area contributed by atoms with Gasteiger partial charge in [-0.1, -0.05) is 11.6 Å². The van der Waals surface area contributed by atoms with Crippen molar-refractivity contribution in [1.82, 2.24) is 0 Å². The van der Waals surface area contributed by atoms with Crippen molar-refractivity contribution < 1.29 is 13.2 Å². The van der Waals surface area contributed by atoms with Gasteiger partial charge in [-0.2, -0.15) is 13.2 Å². The first-order valence-corrected chi connectivity index (χ1v) is 5.49. The Labute approximate surface area is 94.8 Å². The summed E-state index contributed by atoms with van der Waals surface area (Å²) in [6, 6.07) is 4.75. The number of nitrogen functional groups attached to an aromatic ring is 1. The third kappa shape index (κ3) is 4.66. The Bertz CT molecular complexity index is 341. The van der Waals surface area contributed by atoms with Crippen LogP contribution in [0.4, 0.5) is 18.9 Å². The Kier molecular flexibility index (Phi) is 4.16. The molecule has 0 amide bonds. The second-order valence-corrected chi connectivity index (χ2v) is 4.47. The van der Waals surface area contributed by atoms with Gasteiger partial charge < -0.3 is 5.73 Å². The van der Waals surface area contributed by atoms with Gasteiger partial charge in [0.25, 0.3) is 0 Å². The maximum absolute atomic E-state index is 11.9. The molecule has 0 aliphatic rings. The molecule has 0 saturated heterocycles. The molecule has 1 rings (SSSR count). The highest BCUT2D eigenvalue weighted by atomic mass is 35.5. The molecular weight excluding hydrogens is 247 g/mol. The van der Waals surface area contributed by atoms with Crippen molar-refractivity contribution in [2.24, 2.45) is 0 Å². The Morgan fingerprint density at radius 3 is 2.53 bits per heavy atom. The van der Waals surface area contributed by atoms with E-state index in [9.17, 15) is 13.2 Å². The Balaban J connectivity index is 2.51. The van der Waals surface area contributed by atoms with Crippen LogP contribution in [-0.2, 0) is 0 Å². The van der Waals surface area contributed by atoms with Crippen molar-refractivity contribution in [2.75, 3.05) is 11.5 Å². The average molecular weight is 256 g/mol. The fourth-order valence-corrected chi connectivity index (χ4v) is 2.05. The van der Waals surface area contributed by atoms with E-state index < -0.39 is 12.6 Å². The van der Waals surface area contributed by atoms with E-state index in [1.807, 2.05) is 0 Å². The van der Waals surface area contributed by atoms with Crippen molar-refractivity contribution >= 4 is 29.1 Å². The van der Waals surface area contributed by atoms with Crippen molar-refractivity contribution in [3.8, 4) is 0 Å². The van der Waals surface area contributed by atoms with Crippen LogP contribution in [0.25, 0.3) is 0 Å². The van der Waals surface area contributed by atoms with Crippen molar-refractivity contribution in [1.29, 1.82) is 0 Å². The molecule has 0 bridgehead atoms. The Morgan fingerprint density at radius 1 is 1.33 bits per heavy atom. The maximum atomic E-state index is 11.9. The molecule has 1 aromatic rings. The van der Waals surface area contributed by atoms with Crippen LogP contribution in [0.2, 0.25) is 5.02 Å². The highest BCUT2D eigenvalue weighted by Gasteiger charge is 2.26. The van der Waals surface area contributed by atoms with Crippen LogP contribution in [0.1, 0.15) is 6.42 Å². The number of thioether (sulfide) groups is 1. The molecule has 0 atom stereocenters. The van der Waals surface area contributed by atoms with Crippen LogP contribution < -0.4 is 5.73 Å². The monoisotopic (exact) mass is 255 g/mol. The van der Waals surface area contributed by atoms with Gasteiger partial charge in [0.2, 0.25) is 0 Å². The summed E-state index contributed by atoms with van der Waals surface area (Å²) in [5.41, 5.74) is 6.00. The summed E-state index contributed by atoms with van der Waals surface area (Å²) in [6.07, 6.45) is -4.94. The zero-order chi connectivity index (χ0) is 11.5. The number of benzene rings is 1. The lowest BCUT2D eigenvalue weighted by Crippen LogP contribution is -2.08. The quantitative estimate of drug-likeness (QED) is 0.653. The van der Waals surface area contributed by atoms with Crippen molar-refractivity contribution in [3.63, 3.8) is 0 Å². The topological polar surface area (TPSA) is 26.0 Å². The van der Waals surface area contributed by atoms with E-state index in [-0.39, 0.29) is 5.75 Å². The molecule has 0 aliphatic heterocycles. The van der Waals surface area contributed by atoms with Gasteiger partial charge >= 0.3 is 6.18 Å². The molecule has 0 heterocycles. The SMILES string of the molecule is Nc1cc(Cl)ccc1SCCC(F)(F)F. The predicted octanol–water partition coefficient (Wildman–Crippen LogP) is 3.97. The summed E-state index contributed by atoms with van der Waals surface area (Å²) in [5.74, 6) is -0.0324. The molecule has 15 heavy (non-hydrogen) atoms. The van der Waals surface area contributed by atoms with E-state index in [4.69, 9.17) is 17.3 Å². The number of halogens is 4. The van der Waals surface area contributed by atoms with Crippen LogP contribution >= 0.6 is 23.4 Å². The molecule has 0 aliphatic carbocycles. The summed E-state index contributed by atoms with van der Waals surface area (Å²) in [6.45, 7) is 0. The fourth-order valence-electron chi connectivity index (χ4n) is 0.927. The highest BCUT2D eigenvalue weighted by Crippen LogP contribution is 2.30. The minimum Gasteiger partial charge on any atom is -0.398 e. The Morgan fingerprint density at radius 2 is 2.00 bits per heavy atom. The second-order valence-electron chi connectivity index (χ2n) is 2.90. The maximum Gasteiger partial charge on any atom is 0.389 e. The molecule has 0 unspecified atom stereocenters. The first-order valence-electron chi connectivity index (χ1n) is 4.13. The van der Waals surface area contributed by atoms with Crippen LogP contribution in [0.5, 0.6) is 0 Å². The minimum absolute atomic E-state index is 0.0324. The summed E-state index contributed by atoms with van der Waals surface area (Å²) in [4.78, 5) is 0.628. The van der Waals surface area contributed by atoms with E-state index in [2.05, 4.69) is 0 Å². The van der Waals surface area contributed by atoms with Gasteiger partial charge in [-0.3, -0.25) is 0 Å². The third-order valence-corrected chi connectivity index (χ3v) is 2.94. The summed E-state index contributed by atoms with van der Waals surface area (Å²) in [7, 11) is 0. The summed E-state index contributed by atoms with van der Waals surface area (Å²) >= 11 is 6.73. The van der Waals surface area contributed by atoms with Gasteiger partial charge in [0.15, 0.2) is 0 Å². The molecule has 0 spiro atoms. The van der Waals surface area contributed by atoms with Gasteiger partial charge in [-0.05, 0) is 18.2 Å². The number of nitrogens with two attached hydrogens (primary N) is 1. The van der Waals surface area contributed by atoms with Crippen LogP contribution in [0.15, 0.2) is 23.1 Å². The molecule has 0 fully saturated rings. The first kappa shape index (κ1) is 12.5. The van der Waals surface area contributed by atoms with E-state index in [0.29, 0.717) is 15.6 Å². The van der Waals surface area contributed by atoms with Gasteiger partial charge in [0, 0.05) is 21.4 Å². The number of anilines is 1. The normalized spacial score (nSPS) is 11.7. The molecular formula is C9H9ClF3NS. The first-order chi connectivity index (χ1) is 6.88. The third-order valence-electron chi connectivity index (χ3n) is 1.61. The largest absolute Gasteiger partial charge is 0.398 e. The van der Waals surface area contributed by atoms with E-state index in [0.717, 1.165) is 11.8 Å². The van der Waals surface area contributed by atoms with Crippen LogP contribution in [0, 0.1) is 0 Å². The molecule has 0 saturated carbocycles.